The molecule has 0 amide bonds. The zero-order valence-electron chi connectivity index (χ0n) is 14.3. The molecule has 3 rings (SSSR count). The number of aryl methyl sites for hydroxylation is 1. The monoisotopic (exact) mass is 358 g/mol. The second-order valence-electron chi connectivity index (χ2n) is 6.10. The van der Waals surface area contributed by atoms with Crippen molar-refractivity contribution < 1.29 is 0 Å². The number of nitrogens with zero attached hydrogens (tertiary/aromatic N) is 4. The zero-order valence-corrected chi connectivity index (χ0v) is 15.9. The standard InChI is InChI=1S/C18H22N4S2/c1-14-9-10-24-16(14)12-20(2)13-22-18(23)21(3)17(19-22)11-15-7-5-4-6-8-15/h4-10H,11-13H2,1-3H3. The first-order chi connectivity index (χ1) is 11.5. The molecule has 3 aromatic rings. The van der Waals surface area contributed by atoms with Gasteiger partial charge in [0.15, 0.2) is 4.77 Å². The van der Waals surface area contributed by atoms with E-state index in [0.717, 1.165) is 23.6 Å². The third-order valence-electron chi connectivity index (χ3n) is 4.09. The topological polar surface area (TPSA) is 26.0 Å². The fourth-order valence-electron chi connectivity index (χ4n) is 2.65. The van der Waals surface area contributed by atoms with Gasteiger partial charge in [-0.25, -0.2) is 4.68 Å². The number of hydrogen-bond donors (Lipinski definition) is 0. The summed E-state index contributed by atoms with van der Waals surface area (Å²) in [4.78, 5) is 3.64. The van der Waals surface area contributed by atoms with E-state index in [-0.39, 0.29) is 0 Å². The summed E-state index contributed by atoms with van der Waals surface area (Å²) in [6.07, 6.45) is 0.793. The van der Waals surface area contributed by atoms with E-state index in [9.17, 15) is 0 Å². The predicted octanol–water partition coefficient (Wildman–Crippen LogP) is 4.00. The maximum atomic E-state index is 5.56. The molecule has 2 heterocycles. The van der Waals surface area contributed by atoms with E-state index in [4.69, 9.17) is 17.3 Å². The first kappa shape index (κ1) is 17.1. The van der Waals surface area contributed by atoms with Crippen LogP contribution in [0.5, 0.6) is 0 Å². The van der Waals surface area contributed by atoms with Crippen molar-refractivity contribution in [1.29, 1.82) is 0 Å². The van der Waals surface area contributed by atoms with Gasteiger partial charge in [0.05, 0.1) is 6.67 Å². The SMILES string of the molecule is Cc1ccsc1CN(C)Cn1nc(Cc2ccccc2)n(C)c1=S. The van der Waals surface area contributed by atoms with Crippen LogP contribution in [0.1, 0.15) is 21.8 Å². The molecule has 0 saturated heterocycles. The highest BCUT2D eigenvalue weighted by Crippen LogP contribution is 2.17. The van der Waals surface area contributed by atoms with Crippen molar-refractivity contribution in [3.05, 3.63) is 68.4 Å². The van der Waals surface area contributed by atoms with E-state index in [0.29, 0.717) is 6.67 Å². The largest absolute Gasteiger partial charge is 0.307 e. The number of hydrogen-bond acceptors (Lipinski definition) is 4. The van der Waals surface area contributed by atoms with Crippen LogP contribution in [0.25, 0.3) is 0 Å². The number of benzene rings is 1. The molecule has 0 spiro atoms. The average Bonchev–Trinajstić information content (AvgIpc) is 3.08. The molecule has 126 valence electrons. The lowest BCUT2D eigenvalue weighted by Gasteiger charge is -2.15. The van der Waals surface area contributed by atoms with Gasteiger partial charge in [-0.1, -0.05) is 30.3 Å². The van der Waals surface area contributed by atoms with Crippen LogP contribution in [-0.2, 0) is 26.7 Å². The third kappa shape index (κ3) is 3.83. The summed E-state index contributed by atoms with van der Waals surface area (Å²) in [7, 11) is 4.10. The molecule has 0 N–H and O–H groups in total. The molecule has 0 radical (unpaired) electrons. The number of thiophene rings is 1. The van der Waals surface area contributed by atoms with E-state index in [1.165, 1.54) is 16.0 Å². The number of rotatable bonds is 6. The maximum Gasteiger partial charge on any atom is 0.198 e. The van der Waals surface area contributed by atoms with Gasteiger partial charge in [0, 0.05) is 24.9 Å². The van der Waals surface area contributed by atoms with Crippen molar-refractivity contribution in [2.24, 2.45) is 7.05 Å². The molecule has 1 aromatic carbocycles. The lowest BCUT2D eigenvalue weighted by Crippen LogP contribution is -2.22. The Kier molecular flexibility index (Phi) is 5.28. The van der Waals surface area contributed by atoms with Crippen LogP contribution in [0.2, 0.25) is 0 Å². The smallest absolute Gasteiger partial charge is 0.198 e. The van der Waals surface area contributed by atoms with Crippen LogP contribution >= 0.6 is 23.6 Å². The maximum absolute atomic E-state index is 5.56. The predicted molar refractivity (Wildman–Crippen MR) is 102 cm³/mol. The normalized spacial score (nSPS) is 11.3. The fourth-order valence-corrected chi connectivity index (χ4v) is 3.84. The molecular formula is C18H22N4S2. The van der Waals surface area contributed by atoms with Crippen LogP contribution in [0, 0.1) is 11.7 Å². The Balaban J connectivity index is 1.73. The molecule has 0 aliphatic carbocycles. The van der Waals surface area contributed by atoms with Gasteiger partial charge in [0.25, 0.3) is 0 Å². The van der Waals surface area contributed by atoms with Gasteiger partial charge in [0.1, 0.15) is 5.82 Å². The van der Waals surface area contributed by atoms with Crippen molar-refractivity contribution in [2.75, 3.05) is 7.05 Å². The second kappa shape index (κ2) is 7.42. The van der Waals surface area contributed by atoms with Crippen molar-refractivity contribution in [1.82, 2.24) is 19.2 Å². The van der Waals surface area contributed by atoms with Crippen LogP contribution in [0.3, 0.4) is 0 Å². The Morgan fingerprint density at radius 3 is 2.62 bits per heavy atom. The molecule has 0 bridgehead atoms. The zero-order chi connectivity index (χ0) is 17.1. The van der Waals surface area contributed by atoms with E-state index >= 15 is 0 Å². The van der Waals surface area contributed by atoms with Gasteiger partial charge in [-0.2, -0.15) is 5.10 Å². The van der Waals surface area contributed by atoms with Gasteiger partial charge in [-0.05, 0) is 48.8 Å². The summed E-state index contributed by atoms with van der Waals surface area (Å²) in [5, 5.41) is 6.88. The van der Waals surface area contributed by atoms with Gasteiger partial charge in [0.2, 0.25) is 0 Å². The van der Waals surface area contributed by atoms with Crippen LogP contribution in [-0.4, -0.2) is 26.3 Å². The minimum atomic E-state index is 0.693. The van der Waals surface area contributed by atoms with Crippen molar-refractivity contribution in [3.63, 3.8) is 0 Å². The third-order valence-corrected chi connectivity index (χ3v) is 5.59. The highest BCUT2D eigenvalue weighted by molar-refractivity contribution is 7.71. The Morgan fingerprint density at radius 1 is 1.21 bits per heavy atom. The van der Waals surface area contributed by atoms with Crippen molar-refractivity contribution in [2.45, 2.75) is 26.6 Å². The molecule has 0 fully saturated rings. The lowest BCUT2D eigenvalue weighted by molar-refractivity contribution is 0.245. The van der Waals surface area contributed by atoms with E-state index < -0.39 is 0 Å². The summed E-state index contributed by atoms with van der Waals surface area (Å²) in [6.45, 7) is 3.76. The van der Waals surface area contributed by atoms with E-state index in [2.05, 4.69) is 54.6 Å². The fraction of sp³-hybridized carbons (Fsp3) is 0.333. The van der Waals surface area contributed by atoms with Crippen molar-refractivity contribution in [3.8, 4) is 0 Å². The molecule has 2 aromatic heterocycles. The molecule has 0 saturated carbocycles. The Hall–Kier alpha value is -1.76. The van der Waals surface area contributed by atoms with Gasteiger partial charge >= 0.3 is 0 Å². The molecular weight excluding hydrogens is 336 g/mol. The van der Waals surface area contributed by atoms with E-state index in [1.807, 2.05) is 22.4 Å². The first-order valence-corrected chi connectivity index (χ1v) is 9.21. The quantitative estimate of drug-likeness (QED) is 0.623. The van der Waals surface area contributed by atoms with Crippen LogP contribution in [0.15, 0.2) is 41.8 Å². The van der Waals surface area contributed by atoms with Gasteiger partial charge in [-0.15, -0.1) is 11.3 Å². The molecule has 0 aliphatic heterocycles. The molecule has 4 nitrogen and oxygen atoms in total. The number of aromatic nitrogens is 3. The molecule has 0 aliphatic rings. The highest BCUT2D eigenvalue weighted by Gasteiger charge is 2.11. The summed E-state index contributed by atoms with van der Waals surface area (Å²) in [5.41, 5.74) is 2.59. The minimum Gasteiger partial charge on any atom is -0.307 e. The van der Waals surface area contributed by atoms with Gasteiger partial charge in [-0.3, -0.25) is 4.90 Å². The minimum absolute atomic E-state index is 0.693. The summed E-state index contributed by atoms with van der Waals surface area (Å²) < 4.78 is 4.68. The molecule has 0 atom stereocenters. The summed E-state index contributed by atoms with van der Waals surface area (Å²) in [6, 6.07) is 12.5. The highest BCUT2D eigenvalue weighted by atomic mass is 32.1. The Bertz CT molecular complexity index is 861. The van der Waals surface area contributed by atoms with Crippen LogP contribution in [0.4, 0.5) is 0 Å². The second-order valence-corrected chi connectivity index (χ2v) is 7.47. The Morgan fingerprint density at radius 2 is 1.96 bits per heavy atom. The van der Waals surface area contributed by atoms with Crippen molar-refractivity contribution >= 4 is 23.6 Å². The average molecular weight is 359 g/mol. The summed E-state index contributed by atoms with van der Waals surface area (Å²) in [5.74, 6) is 0.993. The first-order valence-electron chi connectivity index (χ1n) is 7.92. The van der Waals surface area contributed by atoms with Gasteiger partial charge < -0.3 is 4.57 Å². The molecule has 6 heteroatoms. The lowest BCUT2D eigenvalue weighted by atomic mass is 10.1. The van der Waals surface area contributed by atoms with Crippen LogP contribution < -0.4 is 0 Å². The summed E-state index contributed by atoms with van der Waals surface area (Å²) >= 11 is 7.36. The molecule has 0 unspecified atom stereocenters. The Labute approximate surface area is 152 Å². The van der Waals surface area contributed by atoms with E-state index in [1.54, 1.807) is 11.3 Å². The molecule has 24 heavy (non-hydrogen) atoms.